The Labute approximate surface area is 68.2 Å². The molecule has 0 aromatic heterocycles. The molecular weight excluding hydrogens is 164 g/mol. The van der Waals surface area contributed by atoms with Crippen LogP contribution in [0.2, 0.25) is 0 Å². The predicted octanol–water partition coefficient (Wildman–Crippen LogP) is 1.32. The average Bonchev–Trinajstić information content (AvgIpc) is 1.86. The van der Waals surface area contributed by atoms with E-state index < -0.39 is 10.1 Å². The molecule has 0 saturated carbocycles. The van der Waals surface area contributed by atoms with E-state index in [0.29, 0.717) is 6.42 Å². The van der Waals surface area contributed by atoms with Crippen LogP contribution in [0.5, 0.6) is 0 Å². The van der Waals surface area contributed by atoms with Gasteiger partial charge in [0.15, 0.2) is 0 Å². The van der Waals surface area contributed by atoms with Crippen LogP contribution in [-0.2, 0) is 14.3 Å². The van der Waals surface area contributed by atoms with E-state index in [1.54, 1.807) is 6.92 Å². The lowest BCUT2D eigenvalue weighted by Crippen LogP contribution is -2.16. The van der Waals surface area contributed by atoms with Gasteiger partial charge in [0.05, 0.1) is 11.9 Å². The summed E-state index contributed by atoms with van der Waals surface area (Å²) in [4.78, 5) is 0. The van der Waals surface area contributed by atoms with Crippen LogP contribution in [0.3, 0.4) is 0 Å². The highest BCUT2D eigenvalue weighted by Crippen LogP contribution is 2.02. The van der Waals surface area contributed by atoms with Gasteiger partial charge in [-0.3, -0.25) is 4.18 Å². The Hall–Kier alpha value is -0.350. The van der Waals surface area contributed by atoms with Gasteiger partial charge in [-0.15, -0.1) is 6.58 Å². The standard InChI is InChI=1S/C7H14O3S/c1-4-6-11(8,9)10-7(3)5-2/h4,7H,1,5-6H2,2-3H3. The highest BCUT2D eigenvalue weighted by atomic mass is 32.2. The van der Waals surface area contributed by atoms with E-state index in [2.05, 4.69) is 6.58 Å². The molecule has 0 N–H and O–H groups in total. The average molecular weight is 178 g/mol. The van der Waals surface area contributed by atoms with Gasteiger partial charge >= 0.3 is 0 Å². The maximum Gasteiger partial charge on any atom is 0.271 e. The molecule has 0 fully saturated rings. The van der Waals surface area contributed by atoms with E-state index in [0.717, 1.165) is 0 Å². The maximum absolute atomic E-state index is 10.9. The Bertz CT molecular complexity index is 206. The van der Waals surface area contributed by atoms with Crippen molar-refractivity contribution in [2.75, 3.05) is 5.75 Å². The molecule has 3 nitrogen and oxygen atoms in total. The molecule has 0 spiro atoms. The zero-order valence-corrected chi connectivity index (χ0v) is 7.73. The van der Waals surface area contributed by atoms with Crippen molar-refractivity contribution in [2.45, 2.75) is 26.4 Å². The molecule has 4 heteroatoms. The highest BCUT2D eigenvalue weighted by Gasteiger charge is 2.11. The molecule has 1 unspecified atom stereocenters. The fraction of sp³-hybridized carbons (Fsp3) is 0.714. The van der Waals surface area contributed by atoms with E-state index in [1.165, 1.54) is 6.08 Å². The maximum atomic E-state index is 10.9. The molecule has 0 aliphatic rings. The topological polar surface area (TPSA) is 43.4 Å². The van der Waals surface area contributed by atoms with Crippen LogP contribution < -0.4 is 0 Å². The van der Waals surface area contributed by atoms with Crippen molar-refractivity contribution in [1.82, 2.24) is 0 Å². The highest BCUT2D eigenvalue weighted by molar-refractivity contribution is 7.86. The first-order chi connectivity index (χ1) is 5.02. The molecular formula is C7H14O3S. The summed E-state index contributed by atoms with van der Waals surface area (Å²) in [7, 11) is -3.36. The monoisotopic (exact) mass is 178 g/mol. The van der Waals surface area contributed by atoms with Crippen LogP contribution in [0.1, 0.15) is 20.3 Å². The molecule has 0 rings (SSSR count). The Morgan fingerprint density at radius 1 is 1.64 bits per heavy atom. The molecule has 0 aliphatic carbocycles. The van der Waals surface area contributed by atoms with Gasteiger partial charge in [0.2, 0.25) is 0 Å². The Kier molecular flexibility index (Phi) is 4.37. The second kappa shape index (κ2) is 4.51. The van der Waals surface area contributed by atoms with Crippen molar-refractivity contribution in [3.8, 4) is 0 Å². The molecule has 0 heterocycles. The van der Waals surface area contributed by atoms with Crippen LogP contribution in [0, 0.1) is 0 Å². The predicted molar refractivity (Wildman–Crippen MR) is 44.8 cm³/mol. The Morgan fingerprint density at radius 2 is 2.18 bits per heavy atom. The number of hydrogen-bond donors (Lipinski definition) is 0. The number of rotatable bonds is 5. The SMILES string of the molecule is C=CCS(=O)(=O)OC(C)CC. The largest absolute Gasteiger partial charge is 0.271 e. The van der Waals surface area contributed by atoms with Gasteiger partial charge in [-0.1, -0.05) is 13.0 Å². The van der Waals surface area contributed by atoms with E-state index in [-0.39, 0.29) is 11.9 Å². The van der Waals surface area contributed by atoms with Gasteiger partial charge < -0.3 is 0 Å². The van der Waals surface area contributed by atoms with Crippen molar-refractivity contribution in [3.63, 3.8) is 0 Å². The summed E-state index contributed by atoms with van der Waals surface area (Å²) in [5, 5.41) is 0. The summed E-state index contributed by atoms with van der Waals surface area (Å²) in [5.74, 6) is -0.114. The normalized spacial score (nSPS) is 14.4. The minimum Gasteiger partial charge on any atom is -0.267 e. The third-order valence-corrected chi connectivity index (χ3v) is 2.47. The van der Waals surface area contributed by atoms with Gasteiger partial charge in [0, 0.05) is 0 Å². The van der Waals surface area contributed by atoms with Crippen LogP contribution >= 0.6 is 0 Å². The lowest BCUT2D eigenvalue weighted by molar-refractivity contribution is 0.226. The fourth-order valence-corrected chi connectivity index (χ4v) is 1.51. The third kappa shape index (κ3) is 4.98. The molecule has 11 heavy (non-hydrogen) atoms. The van der Waals surface area contributed by atoms with Crippen LogP contribution in [0.4, 0.5) is 0 Å². The van der Waals surface area contributed by atoms with E-state index in [9.17, 15) is 8.42 Å². The molecule has 1 atom stereocenters. The van der Waals surface area contributed by atoms with E-state index in [1.807, 2.05) is 6.92 Å². The van der Waals surface area contributed by atoms with Crippen LogP contribution in [-0.4, -0.2) is 20.3 Å². The zero-order valence-electron chi connectivity index (χ0n) is 6.91. The third-order valence-electron chi connectivity index (χ3n) is 1.21. The Morgan fingerprint density at radius 3 is 2.55 bits per heavy atom. The van der Waals surface area contributed by atoms with Crippen molar-refractivity contribution < 1.29 is 12.6 Å². The molecule has 0 saturated heterocycles. The van der Waals surface area contributed by atoms with Crippen molar-refractivity contribution in [1.29, 1.82) is 0 Å². The van der Waals surface area contributed by atoms with E-state index >= 15 is 0 Å². The summed E-state index contributed by atoms with van der Waals surface area (Å²) in [6.45, 7) is 6.91. The summed E-state index contributed by atoms with van der Waals surface area (Å²) < 4.78 is 26.5. The first-order valence-electron chi connectivity index (χ1n) is 3.53. The lowest BCUT2D eigenvalue weighted by Gasteiger charge is -2.08. The van der Waals surface area contributed by atoms with Crippen LogP contribution in [0.15, 0.2) is 12.7 Å². The molecule has 0 aliphatic heterocycles. The zero-order chi connectivity index (χ0) is 8.91. The molecule has 0 radical (unpaired) electrons. The van der Waals surface area contributed by atoms with Gasteiger partial charge in [-0.05, 0) is 13.3 Å². The second-order valence-electron chi connectivity index (χ2n) is 2.33. The first-order valence-corrected chi connectivity index (χ1v) is 5.11. The van der Waals surface area contributed by atoms with Gasteiger partial charge in [-0.25, -0.2) is 0 Å². The molecule has 0 aromatic rings. The second-order valence-corrected chi connectivity index (χ2v) is 3.97. The van der Waals surface area contributed by atoms with E-state index in [4.69, 9.17) is 4.18 Å². The number of hydrogen-bond acceptors (Lipinski definition) is 3. The quantitative estimate of drug-likeness (QED) is 0.471. The minimum absolute atomic E-state index is 0.114. The van der Waals surface area contributed by atoms with Gasteiger partial charge in [0.25, 0.3) is 10.1 Å². The summed E-state index contributed by atoms with van der Waals surface area (Å²) in [5.41, 5.74) is 0. The summed E-state index contributed by atoms with van der Waals surface area (Å²) >= 11 is 0. The molecule has 0 amide bonds. The minimum atomic E-state index is -3.36. The van der Waals surface area contributed by atoms with Crippen LogP contribution in [0.25, 0.3) is 0 Å². The first kappa shape index (κ1) is 10.7. The molecule has 0 bridgehead atoms. The fourth-order valence-electron chi connectivity index (χ4n) is 0.502. The summed E-state index contributed by atoms with van der Waals surface area (Å²) in [6, 6.07) is 0. The van der Waals surface area contributed by atoms with Gasteiger partial charge in [-0.2, -0.15) is 8.42 Å². The van der Waals surface area contributed by atoms with Gasteiger partial charge in [0.1, 0.15) is 0 Å². The van der Waals surface area contributed by atoms with Crippen molar-refractivity contribution in [2.24, 2.45) is 0 Å². The van der Waals surface area contributed by atoms with Crippen molar-refractivity contribution >= 4 is 10.1 Å². The lowest BCUT2D eigenvalue weighted by atomic mass is 10.3. The molecule has 0 aromatic carbocycles. The van der Waals surface area contributed by atoms with Crippen molar-refractivity contribution in [3.05, 3.63) is 12.7 Å². The smallest absolute Gasteiger partial charge is 0.267 e. The molecule has 66 valence electrons. The summed E-state index contributed by atoms with van der Waals surface area (Å²) in [6.07, 6.45) is 1.77. The Balaban J connectivity index is 4.02.